The number of methoxy groups -OCH3 is 1. The molecular weight excluding hydrogens is 424 g/mol. The van der Waals surface area contributed by atoms with Crippen molar-refractivity contribution in [1.29, 1.82) is 0 Å². The van der Waals surface area contributed by atoms with Gasteiger partial charge < -0.3 is 4.74 Å². The number of carbonyl (C=O) groups is 1. The summed E-state index contributed by atoms with van der Waals surface area (Å²) in [5, 5.41) is 11.7. The number of aromatic nitrogens is 2. The highest BCUT2D eigenvalue weighted by molar-refractivity contribution is 7.92. The molecule has 1 N–H and O–H groups in total. The maximum Gasteiger partial charge on any atom is 0.249 e. The number of amides is 1. The van der Waals surface area contributed by atoms with E-state index >= 15 is 0 Å². The summed E-state index contributed by atoms with van der Waals surface area (Å²) < 4.78 is 30.9. The van der Waals surface area contributed by atoms with Gasteiger partial charge >= 0.3 is 0 Å². The molecule has 0 aliphatic rings. The van der Waals surface area contributed by atoms with E-state index in [2.05, 4.69) is 15.5 Å². The van der Waals surface area contributed by atoms with Crippen LogP contribution >= 0.6 is 11.3 Å². The van der Waals surface area contributed by atoms with Crippen LogP contribution in [0, 0.1) is 6.92 Å². The van der Waals surface area contributed by atoms with E-state index in [-0.39, 0.29) is 0 Å². The van der Waals surface area contributed by atoms with Crippen molar-refractivity contribution in [3.05, 3.63) is 54.1 Å². The summed E-state index contributed by atoms with van der Waals surface area (Å²) in [5.74, 6) is 0.0737. The van der Waals surface area contributed by atoms with Gasteiger partial charge in [0.1, 0.15) is 16.8 Å². The third-order valence-electron chi connectivity index (χ3n) is 4.37. The molecule has 1 aromatic heterocycles. The van der Waals surface area contributed by atoms with Gasteiger partial charge in [-0.05, 0) is 38.1 Å². The smallest absolute Gasteiger partial charge is 0.249 e. The molecule has 0 unspecified atom stereocenters. The van der Waals surface area contributed by atoms with Gasteiger partial charge in [-0.15, -0.1) is 10.2 Å². The predicted molar refractivity (Wildman–Crippen MR) is 118 cm³/mol. The average Bonchev–Trinajstić information content (AvgIpc) is 3.16. The Hall–Kier alpha value is -2.98. The highest BCUT2D eigenvalue weighted by Crippen LogP contribution is 2.28. The number of carbonyl (C=O) groups excluding carboxylic acids is 1. The van der Waals surface area contributed by atoms with Crippen LogP contribution < -0.4 is 14.4 Å². The van der Waals surface area contributed by atoms with Crippen molar-refractivity contribution in [1.82, 2.24) is 10.2 Å². The quantitative estimate of drug-likeness (QED) is 0.597. The lowest BCUT2D eigenvalue weighted by atomic mass is 10.2. The van der Waals surface area contributed by atoms with E-state index in [4.69, 9.17) is 4.74 Å². The molecule has 0 saturated heterocycles. The van der Waals surface area contributed by atoms with E-state index in [9.17, 15) is 13.2 Å². The van der Waals surface area contributed by atoms with Gasteiger partial charge in [-0.3, -0.25) is 14.4 Å². The first kappa shape index (κ1) is 21.7. The number of rotatable bonds is 7. The molecule has 0 fully saturated rings. The van der Waals surface area contributed by atoms with E-state index < -0.39 is 22.0 Å². The molecule has 1 amide bonds. The normalized spacial score (nSPS) is 12.3. The average molecular weight is 447 g/mol. The van der Waals surface area contributed by atoms with Gasteiger partial charge in [-0.1, -0.05) is 41.2 Å². The molecule has 3 aromatic rings. The summed E-state index contributed by atoms with van der Waals surface area (Å²) in [4.78, 5) is 12.8. The van der Waals surface area contributed by atoms with Crippen LogP contribution in [0.2, 0.25) is 0 Å². The number of benzene rings is 2. The summed E-state index contributed by atoms with van der Waals surface area (Å²) >= 11 is 1.22. The molecule has 2 aromatic carbocycles. The van der Waals surface area contributed by atoms with Crippen molar-refractivity contribution in [3.63, 3.8) is 0 Å². The van der Waals surface area contributed by atoms with Crippen LogP contribution in [0.5, 0.6) is 5.75 Å². The van der Waals surface area contributed by atoms with Crippen LogP contribution in [0.1, 0.15) is 12.5 Å². The van der Waals surface area contributed by atoms with Crippen LogP contribution in [0.4, 0.5) is 10.8 Å². The fourth-order valence-corrected chi connectivity index (χ4v) is 4.76. The highest BCUT2D eigenvalue weighted by atomic mass is 32.2. The van der Waals surface area contributed by atoms with E-state index in [1.54, 1.807) is 24.3 Å². The lowest BCUT2D eigenvalue weighted by Crippen LogP contribution is -2.45. The molecule has 30 heavy (non-hydrogen) atoms. The zero-order valence-corrected chi connectivity index (χ0v) is 18.6. The van der Waals surface area contributed by atoms with Crippen LogP contribution in [0.3, 0.4) is 0 Å². The fraction of sp³-hybridized carbons (Fsp3) is 0.250. The Morgan fingerprint density at radius 3 is 2.30 bits per heavy atom. The van der Waals surface area contributed by atoms with E-state index in [1.165, 1.54) is 25.4 Å². The highest BCUT2D eigenvalue weighted by Gasteiger charge is 2.29. The molecule has 0 radical (unpaired) electrons. The summed E-state index contributed by atoms with van der Waals surface area (Å²) in [7, 11) is -2.20. The molecule has 1 atom stereocenters. The van der Waals surface area contributed by atoms with Crippen molar-refractivity contribution < 1.29 is 17.9 Å². The molecule has 10 heteroatoms. The largest absolute Gasteiger partial charge is 0.497 e. The zero-order chi connectivity index (χ0) is 21.9. The van der Waals surface area contributed by atoms with E-state index in [1.807, 2.05) is 31.2 Å². The minimum Gasteiger partial charge on any atom is -0.497 e. The Balaban J connectivity index is 1.79. The number of nitrogens with one attached hydrogen (secondary N) is 1. The van der Waals surface area contributed by atoms with Crippen LogP contribution in [-0.4, -0.2) is 43.9 Å². The van der Waals surface area contributed by atoms with Crippen molar-refractivity contribution in [2.24, 2.45) is 0 Å². The second-order valence-electron chi connectivity index (χ2n) is 6.70. The fourth-order valence-electron chi connectivity index (χ4n) is 2.83. The minimum atomic E-state index is -3.72. The molecule has 8 nitrogen and oxygen atoms in total. The first-order valence-corrected chi connectivity index (χ1v) is 11.7. The molecule has 0 aliphatic heterocycles. The Bertz CT molecular complexity index is 1130. The van der Waals surface area contributed by atoms with E-state index in [0.717, 1.165) is 21.7 Å². The van der Waals surface area contributed by atoms with Gasteiger partial charge in [0.2, 0.25) is 21.1 Å². The second kappa shape index (κ2) is 8.80. The number of sulfonamides is 1. The van der Waals surface area contributed by atoms with Crippen LogP contribution in [0.15, 0.2) is 48.5 Å². The van der Waals surface area contributed by atoms with Crippen molar-refractivity contribution in [3.8, 4) is 16.3 Å². The number of hydrogen-bond acceptors (Lipinski definition) is 7. The molecule has 0 saturated carbocycles. The van der Waals surface area contributed by atoms with Gasteiger partial charge in [-0.2, -0.15) is 0 Å². The first-order chi connectivity index (χ1) is 14.2. The van der Waals surface area contributed by atoms with Gasteiger partial charge in [0.25, 0.3) is 0 Å². The van der Waals surface area contributed by atoms with Crippen LogP contribution in [0.25, 0.3) is 10.6 Å². The number of aryl methyl sites for hydroxylation is 1. The molecule has 3 rings (SSSR count). The van der Waals surface area contributed by atoms with Crippen molar-refractivity contribution >= 4 is 38.1 Å². The number of nitrogens with zero attached hydrogens (tertiary/aromatic N) is 3. The lowest BCUT2D eigenvalue weighted by Gasteiger charge is -2.28. The maximum atomic E-state index is 12.8. The number of anilines is 2. The summed E-state index contributed by atoms with van der Waals surface area (Å²) in [5.41, 5.74) is 2.38. The Morgan fingerprint density at radius 1 is 1.10 bits per heavy atom. The predicted octanol–water partition coefficient (Wildman–Crippen LogP) is 3.32. The second-order valence-corrected chi connectivity index (χ2v) is 9.54. The lowest BCUT2D eigenvalue weighted by molar-refractivity contribution is -0.116. The van der Waals surface area contributed by atoms with Gasteiger partial charge in [0.05, 0.1) is 19.1 Å². The van der Waals surface area contributed by atoms with Crippen molar-refractivity contribution in [2.45, 2.75) is 19.9 Å². The summed E-state index contributed by atoms with van der Waals surface area (Å²) in [6.45, 7) is 3.51. The third-order valence-corrected chi connectivity index (χ3v) is 6.50. The Labute approximate surface area is 179 Å². The van der Waals surface area contributed by atoms with Gasteiger partial charge in [0.15, 0.2) is 0 Å². The molecule has 1 heterocycles. The van der Waals surface area contributed by atoms with E-state index in [0.29, 0.717) is 21.6 Å². The molecule has 0 bridgehead atoms. The first-order valence-electron chi connectivity index (χ1n) is 9.04. The SMILES string of the molecule is COc1ccc(N([C@H](C)C(=O)Nc2nnc(-c3ccc(C)cc3)s2)S(C)(=O)=O)cc1. The maximum absolute atomic E-state index is 12.8. The summed E-state index contributed by atoms with van der Waals surface area (Å²) in [6, 6.07) is 13.2. The van der Waals surface area contributed by atoms with Crippen molar-refractivity contribution in [2.75, 3.05) is 23.0 Å². The van der Waals surface area contributed by atoms with Crippen LogP contribution in [-0.2, 0) is 14.8 Å². The van der Waals surface area contributed by atoms with Gasteiger partial charge in [-0.25, -0.2) is 8.42 Å². The molecular formula is C20H22N4O4S2. The molecule has 0 aliphatic carbocycles. The zero-order valence-electron chi connectivity index (χ0n) is 17.0. The minimum absolute atomic E-state index is 0.297. The Morgan fingerprint density at radius 2 is 1.73 bits per heavy atom. The number of ether oxygens (including phenoxy) is 1. The Kier molecular flexibility index (Phi) is 6.37. The summed E-state index contributed by atoms with van der Waals surface area (Å²) in [6.07, 6.45) is 1.06. The van der Waals surface area contributed by atoms with Gasteiger partial charge in [0, 0.05) is 5.56 Å². The monoisotopic (exact) mass is 446 g/mol. The third kappa shape index (κ3) is 4.95. The number of hydrogen-bond donors (Lipinski definition) is 1. The molecule has 158 valence electrons. The molecule has 0 spiro atoms. The standard InChI is InChI=1S/C20H22N4O4S2/c1-13-5-7-15(8-6-13)19-22-23-20(29-19)21-18(25)14(2)24(30(4,26)27)16-9-11-17(28-3)12-10-16/h5-12,14H,1-4H3,(H,21,23,25)/t14-/m1/s1. The topological polar surface area (TPSA) is 101 Å².